The second-order valence-electron chi connectivity index (χ2n) is 4.90. The molecule has 0 saturated heterocycles. The number of sulfonamides is 1. The third-order valence-electron chi connectivity index (χ3n) is 3.03. The smallest absolute Gasteiger partial charge is 0.215 e. The molecule has 0 aliphatic heterocycles. The first kappa shape index (κ1) is 16.7. The Kier molecular flexibility index (Phi) is 5.76. The Morgan fingerprint density at radius 3 is 2.77 bits per heavy atom. The largest absolute Gasteiger partial charge is 0.383 e. The Morgan fingerprint density at radius 1 is 1.23 bits per heavy atom. The summed E-state index contributed by atoms with van der Waals surface area (Å²) in [5.74, 6) is -0.0815. The van der Waals surface area contributed by atoms with Gasteiger partial charge in [0, 0.05) is 36.2 Å². The number of rotatable bonds is 7. The van der Waals surface area contributed by atoms with Gasteiger partial charge in [-0.3, -0.25) is 4.98 Å². The minimum Gasteiger partial charge on any atom is -0.383 e. The van der Waals surface area contributed by atoms with Crippen molar-refractivity contribution in [2.75, 3.05) is 18.4 Å². The minimum atomic E-state index is -3.38. The predicted octanol–water partition coefficient (Wildman–Crippen LogP) is 2.57. The lowest BCUT2D eigenvalue weighted by atomic mass is 10.2. The SMILES string of the molecule is Cc1cnccc1NCCNS(=O)(=O)Cc1cccc(Cl)c1. The molecule has 2 rings (SSSR count). The first-order valence-corrected chi connectivity index (χ1v) is 8.85. The van der Waals surface area contributed by atoms with Gasteiger partial charge in [-0.15, -0.1) is 0 Å². The molecule has 5 nitrogen and oxygen atoms in total. The van der Waals surface area contributed by atoms with Crippen molar-refractivity contribution in [3.8, 4) is 0 Å². The van der Waals surface area contributed by atoms with E-state index < -0.39 is 10.0 Å². The number of aromatic nitrogens is 1. The van der Waals surface area contributed by atoms with Crippen molar-refractivity contribution in [2.45, 2.75) is 12.7 Å². The lowest BCUT2D eigenvalue weighted by Crippen LogP contribution is -2.30. The zero-order valence-electron chi connectivity index (χ0n) is 12.2. The fourth-order valence-corrected chi connectivity index (χ4v) is 3.32. The van der Waals surface area contributed by atoms with Crippen molar-refractivity contribution in [1.29, 1.82) is 0 Å². The van der Waals surface area contributed by atoms with Crippen LogP contribution in [0.25, 0.3) is 0 Å². The van der Waals surface area contributed by atoms with Crippen molar-refractivity contribution < 1.29 is 8.42 Å². The van der Waals surface area contributed by atoms with Gasteiger partial charge in [-0.05, 0) is 36.2 Å². The second kappa shape index (κ2) is 7.58. The molecular formula is C15H18ClN3O2S. The molecule has 2 aromatic rings. The summed E-state index contributed by atoms with van der Waals surface area (Å²) in [7, 11) is -3.38. The Hall–Kier alpha value is -1.63. The Bertz CT molecular complexity index is 735. The number of pyridine rings is 1. The molecule has 118 valence electrons. The fraction of sp³-hybridized carbons (Fsp3) is 0.267. The first-order chi connectivity index (χ1) is 10.5. The monoisotopic (exact) mass is 339 g/mol. The third kappa shape index (κ3) is 5.29. The highest BCUT2D eigenvalue weighted by Crippen LogP contribution is 2.13. The van der Waals surface area contributed by atoms with E-state index in [4.69, 9.17) is 11.6 Å². The molecule has 1 heterocycles. The quantitative estimate of drug-likeness (QED) is 0.761. The van der Waals surface area contributed by atoms with Gasteiger partial charge in [-0.25, -0.2) is 13.1 Å². The fourth-order valence-electron chi connectivity index (χ4n) is 1.97. The van der Waals surface area contributed by atoms with E-state index in [0.717, 1.165) is 11.3 Å². The van der Waals surface area contributed by atoms with Crippen molar-refractivity contribution in [3.63, 3.8) is 0 Å². The molecule has 0 unspecified atom stereocenters. The van der Waals surface area contributed by atoms with Crippen LogP contribution in [0.2, 0.25) is 5.02 Å². The zero-order valence-corrected chi connectivity index (χ0v) is 13.8. The van der Waals surface area contributed by atoms with E-state index in [1.807, 2.05) is 13.0 Å². The minimum absolute atomic E-state index is 0.0815. The topological polar surface area (TPSA) is 71.1 Å². The van der Waals surface area contributed by atoms with Gasteiger partial charge in [0.05, 0.1) is 5.75 Å². The van der Waals surface area contributed by atoms with Crippen LogP contribution in [0.5, 0.6) is 0 Å². The van der Waals surface area contributed by atoms with E-state index >= 15 is 0 Å². The van der Waals surface area contributed by atoms with E-state index in [-0.39, 0.29) is 5.75 Å². The van der Waals surface area contributed by atoms with Gasteiger partial charge in [-0.1, -0.05) is 23.7 Å². The number of anilines is 1. The molecular weight excluding hydrogens is 322 g/mol. The summed E-state index contributed by atoms with van der Waals surface area (Å²) in [6.45, 7) is 2.75. The van der Waals surface area contributed by atoms with Gasteiger partial charge < -0.3 is 5.32 Å². The van der Waals surface area contributed by atoms with Crippen molar-refractivity contribution >= 4 is 27.3 Å². The van der Waals surface area contributed by atoms with Gasteiger partial charge >= 0.3 is 0 Å². The van der Waals surface area contributed by atoms with Gasteiger partial charge in [0.25, 0.3) is 0 Å². The summed E-state index contributed by atoms with van der Waals surface area (Å²) in [5.41, 5.74) is 2.63. The molecule has 1 aromatic carbocycles. The van der Waals surface area contributed by atoms with Gasteiger partial charge in [0.15, 0.2) is 0 Å². The van der Waals surface area contributed by atoms with Gasteiger partial charge in [-0.2, -0.15) is 0 Å². The van der Waals surface area contributed by atoms with E-state index in [1.54, 1.807) is 36.7 Å². The maximum absolute atomic E-state index is 12.0. The molecule has 0 saturated carbocycles. The summed E-state index contributed by atoms with van der Waals surface area (Å²) in [5, 5.41) is 3.70. The first-order valence-electron chi connectivity index (χ1n) is 6.82. The molecule has 2 N–H and O–H groups in total. The average Bonchev–Trinajstić information content (AvgIpc) is 2.45. The number of hydrogen-bond donors (Lipinski definition) is 2. The van der Waals surface area contributed by atoms with Crippen LogP contribution in [-0.4, -0.2) is 26.5 Å². The second-order valence-corrected chi connectivity index (χ2v) is 7.14. The number of benzene rings is 1. The van der Waals surface area contributed by atoms with Crippen LogP contribution in [0.1, 0.15) is 11.1 Å². The summed E-state index contributed by atoms with van der Waals surface area (Å²) >= 11 is 5.85. The van der Waals surface area contributed by atoms with Crippen LogP contribution in [0.3, 0.4) is 0 Å². The molecule has 0 spiro atoms. The van der Waals surface area contributed by atoms with E-state index in [9.17, 15) is 8.42 Å². The standard InChI is InChI=1S/C15H18ClN3O2S/c1-12-10-17-6-5-15(12)18-7-8-19-22(20,21)11-13-3-2-4-14(16)9-13/h2-6,9-10,19H,7-8,11H2,1H3,(H,17,18). The number of hydrogen-bond acceptors (Lipinski definition) is 4. The van der Waals surface area contributed by atoms with Crippen LogP contribution < -0.4 is 10.0 Å². The lowest BCUT2D eigenvalue weighted by Gasteiger charge is -2.10. The summed E-state index contributed by atoms with van der Waals surface area (Å²) < 4.78 is 26.6. The van der Waals surface area contributed by atoms with E-state index in [0.29, 0.717) is 23.7 Å². The molecule has 0 amide bonds. The molecule has 0 atom stereocenters. The summed E-state index contributed by atoms with van der Waals surface area (Å²) in [4.78, 5) is 4.00. The number of nitrogens with zero attached hydrogens (tertiary/aromatic N) is 1. The molecule has 0 bridgehead atoms. The Morgan fingerprint density at radius 2 is 2.05 bits per heavy atom. The van der Waals surface area contributed by atoms with Crippen LogP contribution in [0, 0.1) is 6.92 Å². The van der Waals surface area contributed by atoms with Crippen molar-refractivity contribution in [2.24, 2.45) is 0 Å². The highest BCUT2D eigenvalue weighted by atomic mass is 35.5. The number of halogens is 1. The molecule has 22 heavy (non-hydrogen) atoms. The Labute approximate surface area is 135 Å². The summed E-state index contributed by atoms with van der Waals surface area (Å²) in [6.07, 6.45) is 3.45. The van der Waals surface area contributed by atoms with Crippen LogP contribution in [0.4, 0.5) is 5.69 Å². The highest BCUT2D eigenvalue weighted by molar-refractivity contribution is 7.88. The molecule has 1 aromatic heterocycles. The van der Waals surface area contributed by atoms with Crippen LogP contribution in [0.15, 0.2) is 42.7 Å². The van der Waals surface area contributed by atoms with Gasteiger partial charge in [0.2, 0.25) is 10.0 Å². The number of nitrogens with one attached hydrogen (secondary N) is 2. The highest BCUT2D eigenvalue weighted by Gasteiger charge is 2.11. The molecule has 0 radical (unpaired) electrons. The number of aryl methyl sites for hydroxylation is 1. The van der Waals surface area contributed by atoms with Gasteiger partial charge in [0.1, 0.15) is 0 Å². The maximum atomic E-state index is 12.0. The zero-order chi connectivity index (χ0) is 16.0. The molecule has 7 heteroatoms. The molecule has 0 aliphatic rings. The Balaban J connectivity index is 1.82. The van der Waals surface area contributed by atoms with Crippen LogP contribution in [-0.2, 0) is 15.8 Å². The normalized spacial score (nSPS) is 11.4. The van der Waals surface area contributed by atoms with Crippen molar-refractivity contribution in [1.82, 2.24) is 9.71 Å². The maximum Gasteiger partial charge on any atom is 0.215 e. The summed E-state index contributed by atoms with van der Waals surface area (Å²) in [6, 6.07) is 8.70. The average molecular weight is 340 g/mol. The van der Waals surface area contributed by atoms with Crippen LogP contribution >= 0.6 is 11.6 Å². The lowest BCUT2D eigenvalue weighted by molar-refractivity contribution is 0.582. The van der Waals surface area contributed by atoms with E-state index in [2.05, 4.69) is 15.0 Å². The molecule has 0 aliphatic carbocycles. The predicted molar refractivity (Wildman–Crippen MR) is 89.5 cm³/mol. The molecule has 0 fully saturated rings. The third-order valence-corrected chi connectivity index (χ3v) is 4.62. The van der Waals surface area contributed by atoms with Crippen molar-refractivity contribution in [3.05, 3.63) is 58.9 Å². The van der Waals surface area contributed by atoms with E-state index in [1.165, 1.54) is 0 Å².